The maximum Gasteiger partial charge on any atom is 0.405 e. The van der Waals surface area contributed by atoms with Gasteiger partial charge in [-0.05, 0) is 6.92 Å². The Morgan fingerprint density at radius 1 is 1.64 bits per heavy atom. The number of carbonyl (C=O) groups excluding carboxylic acids is 1. The van der Waals surface area contributed by atoms with Gasteiger partial charge >= 0.3 is 6.18 Å². The lowest BCUT2D eigenvalue weighted by molar-refractivity contribution is -0.139. The highest BCUT2D eigenvalue weighted by atomic mass is 19.4. The molecule has 0 aromatic carbocycles. The summed E-state index contributed by atoms with van der Waals surface area (Å²) in [6, 6.07) is 0. The first-order valence-corrected chi connectivity index (χ1v) is 3.60. The maximum absolute atomic E-state index is 11.6. The van der Waals surface area contributed by atoms with Crippen LogP contribution in [0.15, 0.2) is 5.16 Å². The van der Waals surface area contributed by atoms with E-state index in [-0.39, 0.29) is 0 Å². The van der Waals surface area contributed by atoms with Crippen molar-refractivity contribution in [1.29, 1.82) is 0 Å². The topological polar surface area (TPSA) is 87.7 Å². The van der Waals surface area contributed by atoms with Crippen LogP contribution in [0.1, 0.15) is 6.92 Å². The molecule has 1 amide bonds. The molecule has 0 aliphatic carbocycles. The summed E-state index contributed by atoms with van der Waals surface area (Å²) in [5.41, 5.74) is 5.01. The van der Waals surface area contributed by atoms with Crippen LogP contribution in [0, 0.1) is 5.92 Å². The lowest BCUT2D eigenvalue weighted by Gasteiger charge is -2.11. The van der Waals surface area contributed by atoms with Gasteiger partial charge < -0.3 is 16.3 Å². The van der Waals surface area contributed by atoms with E-state index in [0.29, 0.717) is 0 Å². The number of nitrogens with zero attached hydrogens (tertiary/aromatic N) is 1. The lowest BCUT2D eigenvalue weighted by Crippen LogP contribution is -2.41. The van der Waals surface area contributed by atoms with Gasteiger partial charge in [0.15, 0.2) is 5.84 Å². The average Bonchev–Trinajstić information content (AvgIpc) is 2.10. The molecule has 0 spiro atoms. The van der Waals surface area contributed by atoms with Gasteiger partial charge in [0, 0.05) is 0 Å². The molecule has 0 aliphatic rings. The Bertz CT molecular complexity index is 239. The van der Waals surface area contributed by atoms with Crippen LogP contribution in [-0.4, -0.2) is 29.7 Å². The van der Waals surface area contributed by atoms with E-state index in [1.165, 1.54) is 6.92 Å². The molecule has 0 radical (unpaired) electrons. The SMILES string of the molecule is CC(C(=O)NCC(F)(F)F)C(N)=NO. The highest BCUT2D eigenvalue weighted by Crippen LogP contribution is 2.12. The van der Waals surface area contributed by atoms with Crippen LogP contribution in [0.3, 0.4) is 0 Å². The van der Waals surface area contributed by atoms with Gasteiger partial charge in [0.2, 0.25) is 5.91 Å². The van der Waals surface area contributed by atoms with Crippen molar-refractivity contribution in [3.63, 3.8) is 0 Å². The molecule has 1 unspecified atom stereocenters. The molecule has 82 valence electrons. The lowest BCUT2D eigenvalue weighted by atomic mass is 10.1. The van der Waals surface area contributed by atoms with Crippen LogP contribution >= 0.6 is 0 Å². The molecule has 1 atom stereocenters. The van der Waals surface area contributed by atoms with E-state index in [0.717, 1.165) is 0 Å². The smallest absolute Gasteiger partial charge is 0.405 e. The van der Waals surface area contributed by atoms with Crippen LogP contribution in [-0.2, 0) is 4.79 Å². The first-order valence-electron chi connectivity index (χ1n) is 3.60. The fourth-order valence-corrected chi connectivity index (χ4v) is 0.561. The summed E-state index contributed by atoms with van der Waals surface area (Å²) in [4.78, 5) is 10.9. The minimum absolute atomic E-state index is 0.440. The zero-order valence-electron chi connectivity index (χ0n) is 7.30. The molecule has 0 saturated carbocycles. The van der Waals surface area contributed by atoms with E-state index in [9.17, 15) is 18.0 Å². The summed E-state index contributed by atoms with van der Waals surface area (Å²) in [7, 11) is 0. The monoisotopic (exact) mass is 213 g/mol. The summed E-state index contributed by atoms with van der Waals surface area (Å²) >= 11 is 0. The summed E-state index contributed by atoms with van der Waals surface area (Å²) < 4.78 is 34.9. The van der Waals surface area contributed by atoms with Gasteiger partial charge in [-0.3, -0.25) is 4.79 Å². The fourth-order valence-electron chi connectivity index (χ4n) is 0.561. The van der Waals surface area contributed by atoms with Gasteiger partial charge in [-0.25, -0.2) is 0 Å². The molecule has 0 aliphatic heterocycles. The Labute approximate surface area is 77.8 Å². The number of nitrogens with one attached hydrogen (secondary N) is 1. The molecular weight excluding hydrogens is 203 g/mol. The van der Waals surface area contributed by atoms with Crippen LogP contribution in [0.25, 0.3) is 0 Å². The average molecular weight is 213 g/mol. The normalized spacial score (nSPS) is 15.0. The van der Waals surface area contributed by atoms with Gasteiger partial charge in [0.1, 0.15) is 6.54 Å². The highest BCUT2D eigenvalue weighted by Gasteiger charge is 2.29. The van der Waals surface area contributed by atoms with Crippen molar-refractivity contribution >= 4 is 11.7 Å². The molecule has 5 nitrogen and oxygen atoms in total. The molecule has 0 rings (SSSR count). The van der Waals surface area contributed by atoms with Gasteiger partial charge in [0.05, 0.1) is 5.92 Å². The first-order chi connectivity index (χ1) is 6.28. The number of oxime groups is 1. The summed E-state index contributed by atoms with van der Waals surface area (Å²) in [5.74, 6) is -2.48. The third-order valence-corrected chi connectivity index (χ3v) is 1.42. The second-order valence-electron chi connectivity index (χ2n) is 2.58. The first kappa shape index (κ1) is 12.5. The van der Waals surface area contributed by atoms with Gasteiger partial charge in [0.25, 0.3) is 0 Å². The van der Waals surface area contributed by atoms with Crippen molar-refractivity contribution in [1.82, 2.24) is 5.32 Å². The molecular formula is C6H10F3N3O2. The van der Waals surface area contributed by atoms with Crippen molar-refractivity contribution < 1.29 is 23.2 Å². The Hall–Kier alpha value is -1.47. The number of amidine groups is 1. The van der Waals surface area contributed by atoms with E-state index in [1.807, 2.05) is 0 Å². The standard InChI is InChI=1S/C6H10F3N3O2/c1-3(4(10)12-14)5(13)11-2-6(7,8)9/h3,14H,2H2,1H3,(H2,10,12)(H,11,13). The predicted octanol–water partition coefficient (Wildman–Crippen LogP) is 0.0474. The second kappa shape index (κ2) is 4.68. The number of alkyl halides is 3. The fraction of sp³-hybridized carbons (Fsp3) is 0.667. The molecule has 0 saturated heterocycles. The van der Waals surface area contributed by atoms with Crippen LogP contribution in [0.4, 0.5) is 13.2 Å². The number of amides is 1. The van der Waals surface area contributed by atoms with Gasteiger partial charge in [-0.1, -0.05) is 5.16 Å². The highest BCUT2D eigenvalue weighted by molar-refractivity contribution is 6.01. The van der Waals surface area contributed by atoms with Crippen molar-refractivity contribution in [3.8, 4) is 0 Å². The number of nitrogens with two attached hydrogens (primary N) is 1. The molecule has 8 heteroatoms. The van der Waals surface area contributed by atoms with Gasteiger partial charge in [-0.15, -0.1) is 0 Å². The molecule has 0 heterocycles. The van der Waals surface area contributed by atoms with Crippen molar-refractivity contribution in [2.75, 3.05) is 6.54 Å². The molecule has 0 aromatic rings. The largest absolute Gasteiger partial charge is 0.409 e. The second-order valence-corrected chi connectivity index (χ2v) is 2.58. The Morgan fingerprint density at radius 3 is 2.50 bits per heavy atom. The third-order valence-electron chi connectivity index (χ3n) is 1.42. The quantitative estimate of drug-likeness (QED) is 0.268. The van der Waals surface area contributed by atoms with Crippen LogP contribution in [0.2, 0.25) is 0 Å². The third kappa shape index (κ3) is 4.53. The van der Waals surface area contributed by atoms with E-state index < -0.39 is 30.4 Å². The maximum atomic E-state index is 11.6. The zero-order chi connectivity index (χ0) is 11.4. The number of rotatable bonds is 3. The number of hydrogen-bond acceptors (Lipinski definition) is 3. The van der Waals surface area contributed by atoms with E-state index in [2.05, 4.69) is 5.16 Å². The molecule has 0 bridgehead atoms. The Kier molecular flexibility index (Phi) is 4.19. The minimum atomic E-state index is -4.47. The Morgan fingerprint density at radius 2 is 2.14 bits per heavy atom. The summed E-state index contributed by atoms with van der Waals surface area (Å²) in [6.45, 7) is -0.213. The number of carbonyl (C=O) groups is 1. The van der Waals surface area contributed by atoms with E-state index in [4.69, 9.17) is 10.9 Å². The summed E-state index contributed by atoms with van der Waals surface area (Å²) in [5, 5.41) is 12.3. The minimum Gasteiger partial charge on any atom is -0.409 e. The molecule has 0 fully saturated rings. The van der Waals surface area contributed by atoms with E-state index >= 15 is 0 Å². The number of halogens is 3. The Balaban J connectivity index is 4.10. The van der Waals surface area contributed by atoms with Crippen molar-refractivity contribution in [3.05, 3.63) is 0 Å². The number of hydrogen-bond donors (Lipinski definition) is 3. The predicted molar refractivity (Wildman–Crippen MR) is 41.6 cm³/mol. The molecule has 4 N–H and O–H groups in total. The summed E-state index contributed by atoms with van der Waals surface area (Å²) in [6.07, 6.45) is -4.47. The van der Waals surface area contributed by atoms with E-state index in [1.54, 1.807) is 5.32 Å². The zero-order valence-corrected chi connectivity index (χ0v) is 7.30. The van der Waals surface area contributed by atoms with Crippen LogP contribution in [0.5, 0.6) is 0 Å². The van der Waals surface area contributed by atoms with Gasteiger partial charge in [-0.2, -0.15) is 13.2 Å². The molecule has 14 heavy (non-hydrogen) atoms. The van der Waals surface area contributed by atoms with Crippen LogP contribution < -0.4 is 11.1 Å². The molecule has 0 aromatic heterocycles. The van der Waals surface area contributed by atoms with Crippen molar-refractivity contribution in [2.24, 2.45) is 16.8 Å². The van der Waals surface area contributed by atoms with Crippen molar-refractivity contribution in [2.45, 2.75) is 13.1 Å².